The molecule has 2 N–H and O–H groups in total. The molecule has 0 saturated carbocycles. The number of carbonyl (C=O) groups is 1. The van der Waals surface area contributed by atoms with E-state index in [2.05, 4.69) is 24.1 Å². The highest BCUT2D eigenvalue weighted by Crippen LogP contribution is 1.90. The second-order valence-corrected chi connectivity index (χ2v) is 3.20. The van der Waals surface area contributed by atoms with Gasteiger partial charge in [0.1, 0.15) is 0 Å². The molecule has 0 saturated heterocycles. The van der Waals surface area contributed by atoms with E-state index in [4.69, 9.17) is 5.11 Å². The van der Waals surface area contributed by atoms with Gasteiger partial charge in [0.25, 0.3) is 0 Å². The smallest absolute Gasteiger partial charge is 0.329 e. The molecule has 0 radical (unpaired) electrons. The summed E-state index contributed by atoms with van der Waals surface area (Å²) in [5, 5.41) is 11.2. The summed E-state index contributed by atoms with van der Waals surface area (Å²) in [7, 11) is 2.03. The number of hydrogen-bond acceptors (Lipinski definition) is 3. The highest BCUT2D eigenvalue weighted by Gasteiger charge is 2.00. The Balaban J connectivity index is 3.40. The predicted octanol–water partition coefficient (Wildman–Crippen LogP) is 0.514. The number of hydrogen-bond donors (Lipinski definition) is 2. The van der Waals surface area contributed by atoms with Crippen LogP contribution in [-0.2, 0) is 4.79 Å². The molecule has 0 aromatic rings. The number of aliphatic carboxylic acids is 1. The second-order valence-electron chi connectivity index (χ2n) is 3.20. The van der Waals surface area contributed by atoms with Gasteiger partial charge >= 0.3 is 5.97 Å². The fourth-order valence-corrected chi connectivity index (χ4v) is 0.713. The number of nitrogens with zero attached hydrogens (tertiary/aromatic N) is 1. The fourth-order valence-electron chi connectivity index (χ4n) is 0.713. The van der Waals surface area contributed by atoms with E-state index in [1.807, 2.05) is 7.05 Å². The van der Waals surface area contributed by atoms with Crippen LogP contribution in [0.25, 0.3) is 0 Å². The first-order valence-corrected chi connectivity index (χ1v) is 4.37. The van der Waals surface area contributed by atoms with Gasteiger partial charge in [-0.15, -0.1) is 0 Å². The van der Waals surface area contributed by atoms with Crippen molar-refractivity contribution in [3.63, 3.8) is 0 Å². The van der Waals surface area contributed by atoms with Crippen LogP contribution in [0.3, 0.4) is 0 Å². The molecule has 0 aliphatic rings. The average Bonchev–Trinajstić information content (AvgIpc) is 2.02. The molecule has 0 bridgehead atoms. The van der Waals surface area contributed by atoms with Crippen molar-refractivity contribution in [3.05, 3.63) is 12.3 Å². The molecule has 0 heterocycles. The van der Waals surface area contributed by atoms with Crippen molar-refractivity contribution in [2.24, 2.45) is 0 Å². The zero-order valence-corrected chi connectivity index (χ0v) is 8.45. The zero-order valence-electron chi connectivity index (χ0n) is 8.45. The number of nitrogens with one attached hydrogen (secondary N) is 1. The minimum atomic E-state index is -0.926. The van der Waals surface area contributed by atoms with E-state index >= 15 is 0 Å². The van der Waals surface area contributed by atoms with Crippen molar-refractivity contribution >= 4 is 5.97 Å². The third kappa shape index (κ3) is 7.33. The quantitative estimate of drug-likeness (QED) is 0.469. The minimum Gasteiger partial charge on any atom is -0.478 e. The molecule has 4 nitrogen and oxygen atoms in total. The van der Waals surface area contributed by atoms with Crippen molar-refractivity contribution in [1.82, 2.24) is 10.2 Å². The van der Waals surface area contributed by atoms with Crippen LogP contribution in [0, 0.1) is 0 Å². The van der Waals surface area contributed by atoms with E-state index in [0.717, 1.165) is 19.2 Å². The second kappa shape index (κ2) is 6.48. The number of rotatable bonds is 6. The van der Waals surface area contributed by atoms with Crippen LogP contribution in [0.5, 0.6) is 0 Å². The molecule has 4 heteroatoms. The Hall–Kier alpha value is -1.03. The molecule has 0 fully saturated rings. The summed E-state index contributed by atoms with van der Waals surface area (Å²) in [4.78, 5) is 12.2. The van der Waals surface area contributed by atoms with Crippen LogP contribution < -0.4 is 5.32 Å². The van der Waals surface area contributed by atoms with Gasteiger partial charge in [-0.2, -0.15) is 0 Å². The van der Waals surface area contributed by atoms with Crippen molar-refractivity contribution < 1.29 is 9.90 Å². The molecule has 0 aromatic heterocycles. The number of carboxylic acids is 1. The summed E-state index contributed by atoms with van der Waals surface area (Å²) in [5.74, 6) is -0.926. The van der Waals surface area contributed by atoms with E-state index < -0.39 is 5.97 Å². The van der Waals surface area contributed by atoms with Gasteiger partial charge in [-0.1, -0.05) is 0 Å². The van der Waals surface area contributed by atoms with Crippen molar-refractivity contribution in [1.29, 1.82) is 0 Å². The van der Waals surface area contributed by atoms with Crippen LogP contribution in [0.4, 0.5) is 0 Å². The fraction of sp³-hybridized carbons (Fsp3) is 0.667. The van der Waals surface area contributed by atoms with Crippen LogP contribution in [-0.4, -0.2) is 42.2 Å². The topological polar surface area (TPSA) is 52.6 Å². The van der Waals surface area contributed by atoms with E-state index in [1.54, 1.807) is 0 Å². The minimum absolute atomic E-state index is 0.519. The van der Waals surface area contributed by atoms with Gasteiger partial charge in [-0.05, 0) is 20.9 Å². The average molecular weight is 186 g/mol. The maximum Gasteiger partial charge on any atom is 0.329 e. The number of likely N-dealkylation sites (N-methyl/N-ethyl adjacent to an activating group) is 1. The lowest BCUT2D eigenvalue weighted by molar-refractivity contribution is -0.131. The van der Waals surface area contributed by atoms with Crippen molar-refractivity contribution in [3.8, 4) is 0 Å². The van der Waals surface area contributed by atoms with Gasteiger partial charge in [-0.3, -0.25) is 0 Å². The standard InChI is InChI=1S/C9H18N2O2/c1-8(2)11(3)7-6-10-5-4-9(12)13/h4-5,8,10H,6-7H2,1-3H3,(H,12,13)/b5-4+. The molecule has 0 amide bonds. The Morgan fingerprint density at radius 1 is 1.62 bits per heavy atom. The van der Waals surface area contributed by atoms with Gasteiger partial charge in [0, 0.05) is 31.4 Å². The molecular formula is C9H18N2O2. The third-order valence-electron chi connectivity index (χ3n) is 1.83. The highest BCUT2D eigenvalue weighted by molar-refractivity contribution is 5.79. The summed E-state index contributed by atoms with van der Waals surface area (Å²) in [5.41, 5.74) is 0. The molecule has 13 heavy (non-hydrogen) atoms. The summed E-state index contributed by atoms with van der Waals surface area (Å²) in [6.07, 6.45) is 2.55. The first-order valence-electron chi connectivity index (χ1n) is 4.37. The first kappa shape index (κ1) is 12.0. The van der Waals surface area contributed by atoms with Crippen molar-refractivity contribution in [2.45, 2.75) is 19.9 Å². The molecule has 0 spiro atoms. The largest absolute Gasteiger partial charge is 0.478 e. The Morgan fingerprint density at radius 3 is 2.69 bits per heavy atom. The molecule has 0 aromatic carbocycles. The summed E-state index contributed by atoms with van der Waals surface area (Å²) < 4.78 is 0. The maximum atomic E-state index is 10.1. The van der Waals surface area contributed by atoms with Crippen LogP contribution in [0.1, 0.15) is 13.8 Å². The van der Waals surface area contributed by atoms with Crippen LogP contribution >= 0.6 is 0 Å². The molecule has 76 valence electrons. The predicted molar refractivity (Wildman–Crippen MR) is 52.5 cm³/mol. The van der Waals surface area contributed by atoms with Crippen LogP contribution in [0.2, 0.25) is 0 Å². The Bertz CT molecular complexity index is 178. The number of carboxylic acid groups (broad SMARTS) is 1. The summed E-state index contributed by atoms with van der Waals surface area (Å²) in [6, 6.07) is 0.519. The molecule has 0 rings (SSSR count). The van der Waals surface area contributed by atoms with E-state index in [0.29, 0.717) is 6.04 Å². The normalized spacial score (nSPS) is 11.5. The van der Waals surface area contributed by atoms with E-state index in [9.17, 15) is 4.79 Å². The summed E-state index contributed by atoms with van der Waals surface area (Å²) >= 11 is 0. The maximum absolute atomic E-state index is 10.1. The molecule has 0 unspecified atom stereocenters. The van der Waals surface area contributed by atoms with Gasteiger partial charge in [-0.25, -0.2) is 4.79 Å². The van der Waals surface area contributed by atoms with Crippen LogP contribution in [0.15, 0.2) is 12.3 Å². The highest BCUT2D eigenvalue weighted by atomic mass is 16.4. The first-order chi connectivity index (χ1) is 6.04. The third-order valence-corrected chi connectivity index (χ3v) is 1.83. The Labute approximate surface area is 79.2 Å². The molecule has 0 aliphatic heterocycles. The lowest BCUT2D eigenvalue weighted by Crippen LogP contribution is -2.32. The molecular weight excluding hydrogens is 168 g/mol. The van der Waals surface area contributed by atoms with Gasteiger partial charge in [0.05, 0.1) is 0 Å². The SMILES string of the molecule is CC(C)N(C)CCN/C=C/C(=O)O. The molecule has 0 atom stereocenters. The zero-order chi connectivity index (χ0) is 10.3. The van der Waals surface area contributed by atoms with Gasteiger partial charge < -0.3 is 15.3 Å². The molecule has 0 aliphatic carbocycles. The summed E-state index contributed by atoms with van der Waals surface area (Å²) in [6.45, 7) is 5.90. The Kier molecular flexibility index (Phi) is 5.97. The van der Waals surface area contributed by atoms with E-state index in [-0.39, 0.29) is 0 Å². The lowest BCUT2D eigenvalue weighted by atomic mass is 10.3. The van der Waals surface area contributed by atoms with E-state index in [1.165, 1.54) is 6.20 Å². The lowest BCUT2D eigenvalue weighted by Gasteiger charge is -2.20. The monoisotopic (exact) mass is 186 g/mol. The van der Waals surface area contributed by atoms with Gasteiger partial charge in [0.2, 0.25) is 0 Å². The van der Waals surface area contributed by atoms with Crippen molar-refractivity contribution in [2.75, 3.05) is 20.1 Å². The Morgan fingerprint density at radius 2 is 2.23 bits per heavy atom. The van der Waals surface area contributed by atoms with Gasteiger partial charge in [0.15, 0.2) is 0 Å².